The molecule has 0 saturated carbocycles. The Labute approximate surface area is 78.2 Å². The van der Waals surface area contributed by atoms with Crippen molar-refractivity contribution in [3.63, 3.8) is 0 Å². The van der Waals surface area contributed by atoms with Crippen molar-refractivity contribution in [1.29, 1.82) is 0 Å². The molecule has 0 aromatic heterocycles. The summed E-state index contributed by atoms with van der Waals surface area (Å²) in [6.07, 6.45) is 0. The minimum Gasteiger partial charge on any atom is -0.504 e. The molecule has 1 aliphatic carbocycles. The van der Waals surface area contributed by atoms with Gasteiger partial charge in [-0.25, -0.2) is 0 Å². The monoisotopic (exact) mass is 194 g/mol. The molecular weight excluding hydrogens is 188 g/mol. The van der Waals surface area contributed by atoms with Gasteiger partial charge in [-0.3, -0.25) is 4.79 Å². The van der Waals surface area contributed by atoms with Crippen molar-refractivity contribution in [3.8, 4) is 11.5 Å². The number of carbonyl (C=O) groups is 1. The Balaban J connectivity index is 2.79. The standard InChI is InChI=1S/C9H6O5/c10-4-2-1-3-5(7(4)12)8(13)9(14)6(3)11/h1-2,10,12H,(H2,11,13,14). The number of carbonyl (C=O) groups excluding carboxylic acids is 1. The lowest BCUT2D eigenvalue weighted by molar-refractivity contribution is 0.0979. The summed E-state index contributed by atoms with van der Waals surface area (Å²) in [6, 6.07) is 2.36. The maximum atomic E-state index is 11.2. The van der Waals surface area contributed by atoms with Gasteiger partial charge in [0.25, 0.3) is 0 Å². The average molecular weight is 194 g/mol. The number of phenolic OH excluding ortho intramolecular Hbond substituents is 2. The maximum absolute atomic E-state index is 11.2. The van der Waals surface area contributed by atoms with Gasteiger partial charge in [-0.15, -0.1) is 0 Å². The second-order valence-corrected chi connectivity index (χ2v) is 2.88. The van der Waals surface area contributed by atoms with Crippen LogP contribution in [0.25, 0.3) is 5.76 Å². The number of aromatic hydroxyl groups is 2. The van der Waals surface area contributed by atoms with Crippen molar-refractivity contribution in [1.82, 2.24) is 0 Å². The molecule has 0 unspecified atom stereocenters. The van der Waals surface area contributed by atoms with Crippen LogP contribution < -0.4 is 0 Å². The van der Waals surface area contributed by atoms with Crippen LogP contribution >= 0.6 is 0 Å². The number of ketones is 1. The molecule has 5 nitrogen and oxygen atoms in total. The summed E-state index contributed by atoms with van der Waals surface area (Å²) in [6.45, 7) is 0. The molecule has 72 valence electrons. The quantitative estimate of drug-likeness (QED) is 0.463. The second kappa shape index (κ2) is 2.41. The SMILES string of the molecule is O=C1C(O)=C(O)c2ccc(O)c(O)c21. The Hall–Kier alpha value is -2.17. The number of phenols is 2. The predicted molar refractivity (Wildman–Crippen MR) is 46.3 cm³/mol. The van der Waals surface area contributed by atoms with Crippen LogP contribution in [0.15, 0.2) is 17.9 Å². The molecule has 0 radical (unpaired) electrons. The van der Waals surface area contributed by atoms with Crippen LogP contribution in [0.4, 0.5) is 0 Å². The lowest BCUT2D eigenvalue weighted by Crippen LogP contribution is -1.98. The smallest absolute Gasteiger partial charge is 0.235 e. The lowest BCUT2D eigenvalue weighted by atomic mass is 10.1. The van der Waals surface area contributed by atoms with Crippen LogP contribution in [0.5, 0.6) is 11.5 Å². The summed E-state index contributed by atoms with van der Waals surface area (Å²) >= 11 is 0. The molecular formula is C9H6O5. The summed E-state index contributed by atoms with van der Waals surface area (Å²) in [5, 5.41) is 36.7. The van der Waals surface area contributed by atoms with Crippen LogP contribution in [0.3, 0.4) is 0 Å². The molecule has 0 aliphatic heterocycles. The zero-order valence-corrected chi connectivity index (χ0v) is 6.85. The zero-order chi connectivity index (χ0) is 10.5. The molecule has 1 aliphatic rings. The van der Waals surface area contributed by atoms with Crippen molar-refractivity contribution in [2.45, 2.75) is 0 Å². The minimum absolute atomic E-state index is 0.0165. The molecule has 2 rings (SSSR count). The second-order valence-electron chi connectivity index (χ2n) is 2.88. The molecule has 0 fully saturated rings. The van der Waals surface area contributed by atoms with E-state index in [-0.39, 0.29) is 11.1 Å². The van der Waals surface area contributed by atoms with Gasteiger partial charge in [-0.1, -0.05) is 0 Å². The number of aliphatic hydroxyl groups is 2. The number of Topliss-reactive ketones (excluding diaryl/α,β-unsaturated/α-hetero) is 1. The van der Waals surface area contributed by atoms with Gasteiger partial charge in [-0.2, -0.15) is 0 Å². The normalized spacial score (nSPS) is 14.7. The molecule has 0 amide bonds. The van der Waals surface area contributed by atoms with E-state index in [0.717, 1.165) is 6.07 Å². The lowest BCUT2D eigenvalue weighted by Gasteiger charge is -2.02. The summed E-state index contributed by atoms with van der Waals surface area (Å²) < 4.78 is 0. The van der Waals surface area contributed by atoms with Gasteiger partial charge in [0.1, 0.15) is 0 Å². The molecule has 1 aromatic rings. The number of allylic oxidation sites excluding steroid dienone is 1. The van der Waals surface area contributed by atoms with Gasteiger partial charge in [0, 0.05) is 5.56 Å². The van der Waals surface area contributed by atoms with Crippen molar-refractivity contribution in [2.24, 2.45) is 0 Å². The fourth-order valence-electron chi connectivity index (χ4n) is 1.36. The molecule has 0 spiro atoms. The summed E-state index contributed by atoms with van der Waals surface area (Å²) in [5.74, 6) is -3.41. The zero-order valence-electron chi connectivity index (χ0n) is 6.85. The first-order chi connectivity index (χ1) is 6.54. The molecule has 0 saturated heterocycles. The van der Waals surface area contributed by atoms with Crippen LogP contribution in [-0.2, 0) is 0 Å². The molecule has 0 heterocycles. The summed E-state index contributed by atoms with van der Waals surface area (Å²) in [4.78, 5) is 11.2. The maximum Gasteiger partial charge on any atom is 0.235 e. The van der Waals surface area contributed by atoms with E-state index in [0.29, 0.717) is 0 Å². The summed E-state index contributed by atoms with van der Waals surface area (Å²) in [5.41, 5.74) is -0.261. The number of fused-ring (bicyclic) bond motifs is 1. The fraction of sp³-hybridized carbons (Fsp3) is 0. The number of hydrogen-bond acceptors (Lipinski definition) is 5. The van der Waals surface area contributed by atoms with E-state index in [1.54, 1.807) is 0 Å². The van der Waals surface area contributed by atoms with E-state index in [9.17, 15) is 15.0 Å². The van der Waals surface area contributed by atoms with Crippen molar-refractivity contribution in [2.75, 3.05) is 0 Å². The van der Waals surface area contributed by atoms with Crippen LogP contribution in [0.1, 0.15) is 15.9 Å². The molecule has 1 aromatic carbocycles. The topological polar surface area (TPSA) is 98.0 Å². The highest BCUT2D eigenvalue weighted by molar-refractivity contribution is 6.19. The van der Waals surface area contributed by atoms with Gasteiger partial charge >= 0.3 is 0 Å². The van der Waals surface area contributed by atoms with E-state index in [4.69, 9.17) is 10.2 Å². The first-order valence-electron chi connectivity index (χ1n) is 3.76. The Morgan fingerprint density at radius 3 is 2.21 bits per heavy atom. The van der Waals surface area contributed by atoms with Gasteiger partial charge in [-0.05, 0) is 12.1 Å². The highest BCUT2D eigenvalue weighted by Gasteiger charge is 2.33. The van der Waals surface area contributed by atoms with Crippen molar-refractivity contribution < 1.29 is 25.2 Å². The van der Waals surface area contributed by atoms with Crippen molar-refractivity contribution in [3.05, 3.63) is 29.0 Å². The average Bonchev–Trinajstić information content (AvgIpc) is 2.38. The first-order valence-corrected chi connectivity index (χ1v) is 3.76. The van der Waals surface area contributed by atoms with E-state index >= 15 is 0 Å². The highest BCUT2D eigenvalue weighted by atomic mass is 16.3. The molecule has 5 heteroatoms. The van der Waals surface area contributed by atoms with Crippen molar-refractivity contribution >= 4 is 11.5 Å². The minimum atomic E-state index is -0.897. The van der Waals surface area contributed by atoms with Crippen LogP contribution in [-0.4, -0.2) is 26.2 Å². The number of hydrogen-bond donors (Lipinski definition) is 4. The molecule has 0 bridgehead atoms. The third-order valence-corrected chi connectivity index (χ3v) is 2.08. The summed E-state index contributed by atoms with van der Waals surface area (Å²) in [7, 11) is 0. The van der Waals surface area contributed by atoms with Crippen LogP contribution in [0.2, 0.25) is 0 Å². The van der Waals surface area contributed by atoms with E-state index in [1.807, 2.05) is 0 Å². The first kappa shape index (κ1) is 8.43. The Kier molecular flexibility index (Phi) is 1.45. The predicted octanol–water partition coefficient (Wildman–Crippen LogP) is 1.08. The number of benzene rings is 1. The van der Waals surface area contributed by atoms with Gasteiger partial charge in [0.15, 0.2) is 17.3 Å². The van der Waals surface area contributed by atoms with Gasteiger partial charge in [0.2, 0.25) is 11.5 Å². The van der Waals surface area contributed by atoms with E-state index < -0.39 is 28.8 Å². The van der Waals surface area contributed by atoms with Gasteiger partial charge in [0.05, 0.1) is 5.56 Å². The molecule has 0 atom stereocenters. The van der Waals surface area contributed by atoms with E-state index in [1.165, 1.54) is 6.07 Å². The Morgan fingerprint density at radius 2 is 1.57 bits per heavy atom. The molecule has 4 N–H and O–H groups in total. The number of aliphatic hydroxyl groups excluding tert-OH is 2. The Morgan fingerprint density at radius 1 is 0.929 bits per heavy atom. The third-order valence-electron chi connectivity index (χ3n) is 2.08. The molecule has 14 heavy (non-hydrogen) atoms. The highest BCUT2D eigenvalue weighted by Crippen LogP contribution is 2.39. The van der Waals surface area contributed by atoms with Gasteiger partial charge < -0.3 is 20.4 Å². The van der Waals surface area contributed by atoms with Crippen LogP contribution in [0, 0.1) is 0 Å². The largest absolute Gasteiger partial charge is 0.504 e. The third kappa shape index (κ3) is 0.806. The van der Waals surface area contributed by atoms with E-state index in [2.05, 4.69) is 0 Å². The fourth-order valence-corrected chi connectivity index (χ4v) is 1.36. The number of rotatable bonds is 0. The Bertz CT molecular complexity index is 472.